The summed E-state index contributed by atoms with van der Waals surface area (Å²) in [6, 6.07) is 9.94. The van der Waals surface area contributed by atoms with Gasteiger partial charge in [-0.1, -0.05) is 12.1 Å². The number of thiophene rings is 1. The molecule has 0 saturated carbocycles. The van der Waals surface area contributed by atoms with Gasteiger partial charge in [0.15, 0.2) is 5.11 Å². The maximum absolute atomic E-state index is 12.3. The average molecular weight is 427 g/mol. The number of rotatable bonds is 5. The Hall–Kier alpha value is -2.71. The Morgan fingerprint density at radius 1 is 1.24 bits per heavy atom. The zero-order valence-electron chi connectivity index (χ0n) is 16.1. The third-order valence-electron chi connectivity index (χ3n) is 4.90. The number of esters is 1. The van der Waals surface area contributed by atoms with Gasteiger partial charge in [0.1, 0.15) is 5.00 Å². The quantitative estimate of drug-likeness (QED) is 0.464. The molecule has 0 radical (unpaired) electrons. The van der Waals surface area contributed by atoms with E-state index in [1.54, 1.807) is 17.5 Å². The fraction of sp³-hybridized carbons (Fsp3) is 0.286. The summed E-state index contributed by atoms with van der Waals surface area (Å²) in [4.78, 5) is 13.6. The summed E-state index contributed by atoms with van der Waals surface area (Å²) >= 11 is 7.09. The zero-order chi connectivity index (χ0) is 20.2. The summed E-state index contributed by atoms with van der Waals surface area (Å²) in [5.41, 5.74) is 3.77. The van der Waals surface area contributed by atoms with Gasteiger partial charge >= 0.3 is 5.97 Å². The van der Waals surface area contributed by atoms with E-state index < -0.39 is 0 Å². The summed E-state index contributed by atoms with van der Waals surface area (Å²) in [6.07, 6.45) is 7.87. The van der Waals surface area contributed by atoms with Crippen molar-refractivity contribution in [2.45, 2.75) is 32.2 Å². The normalized spacial score (nSPS) is 12.9. The van der Waals surface area contributed by atoms with Crippen molar-refractivity contribution in [1.82, 2.24) is 9.78 Å². The zero-order valence-corrected chi connectivity index (χ0v) is 17.7. The van der Waals surface area contributed by atoms with E-state index in [0.717, 1.165) is 54.0 Å². The molecule has 4 rings (SSSR count). The number of nitrogens with zero attached hydrogens (tertiary/aromatic N) is 2. The van der Waals surface area contributed by atoms with Crippen molar-refractivity contribution in [1.29, 1.82) is 0 Å². The molecule has 150 valence electrons. The molecular formula is C21H22N4O2S2. The van der Waals surface area contributed by atoms with Gasteiger partial charge in [-0.2, -0.15) is 5.10 Å². The number of hydrogen-bond donors (Lipinski definition) is 2. The van der Waals surface area contributed by atoms with Crippen molar-refractivity contribution in [3.05, 3.63) is 64.3 Å². The van der Waals surface area contributed by atoms with Crippen LogP contribution in [0.5, 0.6) is 0 Å². The Labute approximate surface area is 178 Å². The van der Waals surface area contributed by atoms with Crippen LogP contribution in [0, 0.1) is 0 Å². The van der Waals surface area contributed by atoms with Crippen LogP contribution in [-0.4, -0.2) is 28.0 Å². The standard InChI is InChI=1S/C21H22N4O2S2/c1-27-20(26)18-16-5-2-3-6-17(16)29-19(18)24-21(28)23-15-9-7-14(8-10-15)13-25-12-4-11-22-25/h4,7-12H,2-3,5-6,13H2,1H3,(H2,23,24,28). The molecule has 0 unspecified atom stereocenters. The van der Waals surface area contributed by atoms with E-state index in [1.165, 1.54) is 12.0 Å². The highest BCUT2D eigenvalue weighted by Gasteiger charge is 2.26. The van der Waals surface area contributed by atoms with E-state index in [4.69, 9.17) is 17.0 Å². The van der Waals surface area contributed by atoms with Gasteiger partial charge in [0, 0.05) is 23.0 Å². The fourth-order valence-electron chi connectivity index (χ4n) is 3.51. The largest absolute Gasteiger partial charge is 0.465 e. The van der Waals surface area contributed by atoms with E-state index in [-0.39, 0.29) is 5.97 Å². The molecule has 0 atom stereocenters. The molecule has 1 aliphatic carbocycles. The van der Waals surface area contributed by atoms with Crippen molar-refractivity contribution in [2.24, 2.45) is 0 Å². The first-order valence-electron chi connectivity index (χ1n) is 9.51. The number of anilines is 2. The Morgan fingerprint density at radius 3 is 2.76 bits per heavy atom. The van der Waals surface area contributed by atoms with Crippen LogP contribution in [0.2, 0.25) is 0 Å². The van der Waals surface area contributed by atoms with Crippen LogP contribution in [0.1, 0.15) is 39.2 Å². The van der Waals surface area contributed by atoms with Crippen LogP contribution in [0.25, 0.3) is 0 Å². The molecule has 2 heterocycles. The SMILES string of the molecule is COC(=O)c1c(NC(=S)Nc2ccc(Cn3cccn3)cc2)sc2c1CCCC2. The van der Waals surface area contributed by atoms with Crippen molar-refractivity contribution < 1.29 is 9.53 Å². The van der Waals surface area contributed by atoms with Gasteiger partial charge in [0.05, 0.1) is 19.2 Å². The predicted molar refractivity (Wildman–Crippen MR) is 120 cm³/mol. The third kappa shape index (κ3) is 4.49. The van der Waals surface area contributed by atoms with Gasteiger partial charge < -0.3 is 15.4 Å². The smallest absolute Gasteiger partial charge is 0.341 e. The molecule has 0 spiro atoms. The van der Waals surface area contributed by atoms with Gasteiger partial charge in [0.25, 0.3) is 0 Å². The van der Waals surface area contributed by atoms with E-state index in [2.05, 4.69) is 15.7 Å². The lowest BCUT2D eigenvalue weighted by molar-refractivity contribution is 0.0601. The lowest BCUT2D eigenvalue weighted by Gasteiger charge is -2.13. The number of aryl methyl sites for hydroxylation is 1. The lowest BCUT2D eigenvalue weighted by Crippen LogP contribution is -2.20. The number of thiocarbonyl (C=S) groups is 1. The molecule has 0 aliphatic heterocycles. The third-order valence-corrected chi connectivity index (χ3v) is 6.31. The van der Waals surface area contributed by atoms with E-state index in [9.17, 15) is 4.79 Å². The van der Waals surface area contributed by atoms with Crippen molar-refractivity contribution in [2.75, 3.05) is 17.7 Å². The first-order chi connectivity index (χ1) is 14.1. The number of ether oxygens (including phenoxy) is 1. The Balaban J connectivity index is 1.44. The number of nitrogens with one attached hydrogen (secondary N) is 2. The summed E-state index contributed by atoms with van der Waals surface area (Å²) in [5.74, 6) is -0.308. The number of fused-ring (bicyclic) bond motifs is 1. The molecule has 2 aromatic heterocycles. The van der Waals surface area contributed by atoms with Gasteiger partial charge in [-0.3, -0.25) is 4.68 Å². The highest BCUT2D eigenvalue weighted by atomic mass is 32.1. The minimum absolute atomic E-state index is 0.308. The number of hydrogen-bond acceptors (Lipinski definition) is 5. The molecule has 8 heteroatoms. The molecule has 0 saturated heterocycles. The molecule has 0 fully saturated rings. The van der Waals surface area contributed by atoms with Gasteiger partial charge in [-0.25, -0.2) is 4.79 Å². The molecule has 29 heavy (non-hydrogen) atoms. The van der Waals surface area contributed by atoms with Crippen molar-refractivity contribution in [3.63, 3.8) is 0 Å². The topological polar surface area (TPSA) is 68.2 Å². The molecule has 6 nitrogen and oxygen atoms in total. The van der Waals surface area contributed by atoms with Gasteiger partial charge in [-0.05, 0) is 67.2 Å². The molecule has 2 N–H and O–H groups in total. The number of aromatic nitrogens is 2. The van der Waals surface area contributed by atoms with Crippen molar-refractivity contribution in [3.8, 4) is 0 Å². The second-order valence-electron chi connectivity index (χ2n) is 6.89. The summed E-state index contributed by atoms with van der Waals surface area (Å²) in [6.45, 7) is 0.721. The Morgan fingerprint density at radius 2 is 2.03 bits per heavy atom. The second kappa shape index (κ2) is 8.75. The minimum Gasteiger partial charge on any atom is -0.465 e. The lowest BCUT2D eigenvalue weighted by atomic mass is 9.95. The summed E-state index contributed by atoms with van der Waals surface area (Å²) in [7, 11) is 1.42. The van der Waals surface area contributed by atoms with Crippen LogP contribution in [0.15, 0.2) is 42.7 Å². The van der Waals surface area contributed by atoms with Gasteiger partial charge in [-0.15, -0.1) is 11.3 Å². The summed E-state index contributed by atoms with van der Waals surface area (Å²) in [5, 5.41) is 11.8. The highest BCUT2D eigenvalue weighted by molar-refractivity contribution is 7.80. The monoisotopic (exact) mass is 426 g/mol. The molecule has 0 bridgehead atoms. The Bertz CT molecular complexity index is 1010. The van der Waals surface area contributed by atoms with Crippen molar-refractivity contribution >= 4 is 45.3 Å². The molecule has 1 aromatic carbocycles. The Kier molecular flexibility index (Phi) is 5.92. The summed E-state index contributed by atoms with van der Waals surface area (Å²) < 4.78 is 6.89. The number of carbonyl (C=O) groups excluding carboxylic acids is 1. The maximum atomic E-state index is 12.3. The van der Waals surface area contributed by atoms with E-state index in [1.807, 2.05) is 41.2 Å². The van der Waals surface area contributed by atoms with Crippen LogP contribution < -0.4 is 10.6 Å². The number of methoxy groups -OCH3 is 1. The molecule has 0 amide bonds. The highest BCUT2D eigenvalue weighted by Crippen LogP contribution is 2.38. The number of carbonyl (C=O) groups is 1. The van der Waals surface area contributed by atoms with Crippen LogP contribution in [0.3, 0.4) is 0 Å². The molecule has 1 aliphatic rings. The van der Waals surface area contributed by atoms with Crippen LogP contribution in [0.4, 0.5) is 10.7 Å². The van der Waals surface area contributed by atoms with Crippen LogP contribution >= 0.6 is 23.6 Å². The maximum Gasteiger partial charge on any atom is 0.341 e. The first-order valence-corrected chi connectivity index (χ1v) is 10.7. The van der Waals surface area contributed by atoms with E-state index >= 15 is 0 Å². The minimum atomic E-state index is -0.308. The second-order valence-corrected chi connectivity index (χ2v) is 8.40. The first kappa shape index (κ1) is 19.6. The molecular weight excluding hydrogens is 404 g/mol. The van der Waals surface area contributed by atoms with Gasteiger partial charge in [0.2, 0.25) is 0 Å². The predicted octanol–water partition coefficient (Wildman–Crippen LogP) is 4.47. The van der Waals surface area contributed by atoms with Crippen LogP contribution in [-0.2, 0) is 24.1 Å². The number of benzene rings is 1. The fourth-order valence-corrected chi connectivity index (χ4v) is 5.08. The average Bonchev–Trinajstić information content (AvgIpc) is 3.36. The molecule has 3 aromatic rings. The van der Waals surface area contributed by atoms with E-state index in [0.29, 0.717) is 10.7 Å².